The molecule has 0 bridgehead atoms. The minimum Gasteiger partial charge on any atom is -0.453 e. The average molecular weight is 318 g/mol. The quantitative estimate of drug-likeness (QED) is 0.831. The molecule has 3 rings (SSSR count). The van der Waals surface area contributed by atoms with Crippen LogP contribution in [0.4, 0.5) is 0 Å². The Morgan fingerprint density at radius 1 is 1.41 bits per heavy atom. The van der Waals surface area contributed by atoms with Crippen LogP contribution in [0.3, 0.4) is 0 Å². The maximum Gasteiger partial charge on any atom is 0.306 e. The number of carbonyl (C=O) groups excluding carboxylic acids is 2. The van der Waals surface area contributed by atoms with Crippen molar-refractivity contribution >= 4 is 33.4 Å². The topological polar surface area (TPSA) is 68.3 Å². The zero-order chi connectivity index (χ0) is 15.5. The Morgan fingerprint density at radius 3 is 2.91 bits per heavy atom. The number of rotatable bonds is 6. The lowest BCUT2D eigenvalue weighted by Crippen LogP contribution is -2.37. The van der Waals surface area contributed by atoms with E-state index >= 15 is 0 Å². The van der Waals surface area contributed by atoms with Gasteiger partial charge < -0.3 is 10.1 Å². The standard InChI is InChI=1S/C16H18N2O3S/c1-10(16(20)17-11-6-7-11)21-15(19)9-8-14-18-12-4-2-3-5-13(12)22-14/h2-5,10-11H,6-9H2,1H3,(H,17,20)/t10-/m0/s1. The van der Waals surface area contributed by atoms with Crippen molar-refractivity contribution in [1.29, 1.82) is 0 Å². The lowest BCUT2D eigenvalue weighted by Gasteiger charge is -2.12. The van der Waals surface area contributed by atoms with Crippen molar-refractivity contribution in [2.24, 2.45) is 0 Å². The smallest absolute Gasteiger partial charge is 0.306 e. The zero-order valence-corrected chi connectivity index (χ0v) is 13.2. The second-order valence-corrected chi connectivity index (χ2v) is 6.61. The normalized spacial score (nSPS) is 15.5. The van der Waals surface area contributed by atoms with E-state index < -0.39 is 6.10 Å². The van der Waals surface area contributed by atoms with Gasteiger partial charge in [0.25, 0.3) is 5.91 Å². The van der Waals surface area contributed by atoms with E-state index in [0.29, 0.717) is 6.42 Å². The maximum atomic E-state index is 11.8. The van der Waals surface area contributed by atoms with Gasteiger partial charge in [-0.25, -0.2) is 4.98 Å². The van der Waals surface area contributed by atoms with E-state index in [2.05, 4.69) is 10.3 Å². The third kappa shape index (κ3) is 3.82. The van der Waals surface area contributed by atoms with Crippen LogP contribution in [0, 0.1) is 0 Å². The number of nitrogens with zero attached hydrogens (tertiary/aromatic N) is 1. The lowest BCUT2D eigenvalue weighted by atomic mass is 10.3. The summed E-state index contributed by atoms with van der Waals surface area (Å²) < 4.78 is 6.28. The first-order valence-corrected chi connectivity index (χ1v) is 8.28. The number of aromatic nitrogens is 1. The summed E-state index contributed by atoms with van der Waals surface area (Å²) in [7, 11) is 0. The Labute approximate surface area is 132 Å². The third-order valence-corrected chi connectivity index (χ3v) is 4.58. The van der Waals surface area contributed by atoms with Crippen molar-refractivity contribution in [3.63, 3.8) is 0 Å². The van der Waals surface area contributed by atoms with Gasteiger partial charge in [-0.1, -0.05) is 12.1 Å². The molecule has 1 fully saturated rings. The number of hydrogen-bond donors (Lipinski definition) is 1. The molecule has 0 aliphatic heterocycles. The van der Waals surface area contributed by atoms with E-state index in [1.807, 2.05) is 24.3 Å². The van der Waals surface area contributed by atoms with E-state index in [-0.39, 0.29) is 24.3 Å². The molecule has 0 spiro atoms. The second kappa shape index (κ2) is 6.44. The van der Waals surface area contributed by atoms with Crippen molar-refractivity contribution in [3.05, 3.63) is 29.3 Å². The molecule has 2 aromatic rings. The molecule has 0 radical (unpaired) electrons. The van der Waals surface area contributed by atoms with E-state index in [1.54, 1.807) is 18.3 Å². The monoisotopic (exact) mass is 318 g/mol. The summed E-state index contributed by atoms with van der Waals surface area (Å²) in [4.78, 5) is 28.0. The van der Waals surface area contributed by atoms with Gasteiger partial charge in [0.2, 0.25) is 0 Å². The zero-order valence-electron chi connectivity index (χ0n) is 12.4. The van der Waals surface area contributed by atoms with Gasteiger partial charge in [0.05, 0.1) is 21.6 Å². The number of benzene rings is 1. The van der Waals surface area contributed by atoms with Crippen molar-refractivity contribution < 1.29 is 14.3 Å². The fourth-order valence-corrected chi connectivity index (χ4v) is 3.06. The molecule has 1 atom stereocenters. The minimum absolute atomic E-state index is 0.212. The molecule has 1 aliphatic carbocycles. The predicted octanol–water partition coefficient (Wildman–Crippen LogP) is 2.44. The van der Waals surface area contributed by atoms with Gasteiger partial charge in [0, 0.05) is 12.5 Å². The van der Waals surface area contributed by atoms with Crippen molar-refractivity contribution in [2.45, 2.75) is 44.8 Å². The molecule has 0 unspecified atom stereocenters. The summed E-state index contributed by atoms with van der Waals surface area (Å²) in [6, 6.07) is 8.16. The SMILES string of the molecule is C[C@H](OC(=O)CCc1nc2ccccc2s1)C(=O)NC1CC1. The molecular formula is C16H18N2O3S. The number of amides is 1. The van der Waals surface area contributed by atoms with Crippen LogP contribution in [0.25, 0.3) is 10.2 Å². The largest absolute Gasteiger partial charge is 0.453 e. The molecule has 5 nitrogen and oxygen atoms in total. The third-order valence-electron chi connectivity index (χ3n) is 3.48. The highest BCUT2D eigenvalue weighted by Crippen LogP contribution is 2.22. The molecule has 22 heavy (non-hydrogen) atoms. The first kappa shape index (κ1) is 15.0. The number of carbonyl (C=O) groups is 2. The van der Waals surface area contributed by atoms with E-state index in [1.165, 1.54) is 0 Å². The Kier molecular flexibility index (Phi) is 4.38. The van der Waals surface area contributed by atoms with Crippen molar-refractivity contribution in [3.8, 4) is 0 Å². The summed E-state index contributed by atoms with van der Waals surface area (Å²) >= 11 is 1.58. The number of thiazole rings is 1. The van der Waals surface area contributed by atoms with E-state index in [9.17, 15) is 9.59 Å². The Bertz CT molecular complexity index is 661. The predicted molar refractivity (Wildman–Crippen MR) is 84.7 cm³/mol. The van der Waals surface area contributed by atoms with Gasteiger partial charge in [-0.2, -0.15) is 0 Å². The summed E-state index contributed by atoms with van der Waals surface area (Å²) in [6.45, 7) is 1.60. The number of nitrogens with one attached hydrogen (secondary N) is 1. The molecule has 1 saturated carbocycles. The van der Waals surface area contributed by atoms with E-state index in [4.69, 9.17) is 4.74 Å². The lowest BCUT2D eigenvalue weighted by molar-refractivity contribution is -0.154. The Balaban J connectivity index is 1.47. The molecule has 1 aromatic heterocycles. The first-order chi connectivity index (χ1) is 10.6. The number of para-hydroxylation sites is 1. The fourth-order valence-electron chi connectivity index (χ4n) is 2.09. The first-order valence-electron chi connectivity index (χ1n) is 7.46. The van der Waals surface area contributed by atoms with Gasteiger partial charge >= 0.3 is 5.97 Å². The number of aryl methyl sites for hydroxylation is 1. The summed E-state index contributed by atoms with van der Waals surface area (Å²) in [6.07, 6.45) is 2.08. The highest BCUT2D eigenvalue weighted by atomic mass is 32.1. The molecule has 1 amide bonds. The summed E-state index contributed by atoms with van der Waals surface area (Å²) in [5.74, 6) is -0.575. The summed E-state index contributed by atoms with van der Waals surface area (Å²) in [5.41, 5.74) is 0.952. The molecule has 1 aromatic carbocycles. The fraction of sp³-hybridized carbons (Fsp3) is 0.438. The van der Waals surface area contributed by atoms with Crippen LogP contribution >= 0.6 is 11.3 Å². The van der Waals surface area contributed by atoms with Crippen LogP contribution in [-0.2, 0) is 20.7 Å². The van der Waals surface area contributed by atoms with Crippen LogP contribution in [-0.4, -0.2) is 29.0 Å². The van der Waals surface area contributed by atoms with Crippen LogP contribution in [0.5, 0.6) is 0 Å². The highest BCUT2D eigenvalue weighted by molar-refractivity contribution is 7.18. The van der Waals surface area contributed by atoms with Crippen LogP contribution < -0.4 is 5.32 Å². The minimum atomic E-state index is -0.733. The number of ether oxygens (including phenoxy) is 1. The number of esters is 1. The van der Waals surface area contributed by atoms with Crippen LogP contribution in [0.15, 0.2) is 24.3 Å². The highest BCUT2D eigenvalue weighted by Gasteiger charge is 2.27. The van der Waals surface area contributed by atoms with Crippen molar-refractivity contribution in [2.75, 3.05) is 0 Å². The van der Waals surface area contributed by atoms with Crippen LogP contribution in [0.2, 0.25) is 0 Å². The molecule has 116 valence electrons. The Hall–Kier alpha value is -1.95. The number of hydrogen-bond acceptors (Lipinski definition) is 5. The Morgan fingerprint density at radius 2 is 2.18 bits per heavy atom. The molecule has 1 aliphatic rings. The maximum absolute atomic E-state index is 11.8. The second-order valence-electron chi connectivity index (χ2n) is 5.49. The molecule has 6 heteroatoms. The van der Waals surface area contributed by atoms with Crippen LogP contribution in [0.1, 0.15) is 31.2 Å². The molecule has 1 heterocycles. The van der Waals surface area contributed by atoms with Gasteiger partial charge in [-0.05, 0) is 31.9 Å². The summed E-state index contributed by atoms with van der Waals surface area (Å²) in [5, 5.41) is 3.73. The van der Waals surface area contributed by atoms with Gasteiger partial charge in [-0.3, -0.25) is 9.59 Å². The number of fused-ring (bicyclic) bond motifs is 1. The van der Waals surface area contributed by atoms with Gasteiger partial charge in [0.1, 0.15) is 0 Å². The van der Waals surface area contributed by atoms with Crippen molar-refractivity contribution in [1.82, 2.24) is 10.3 Å². The van der Waals surface area contributed by atoms with Gasteiger partial charge in [-0.15, -0.1) is 11.3 Å². The molecule has 0 saturated heterocycles. The molecule has 1 N–H and O–H groups in total. The average Bonchev–Trinajstić information content (AvgIpc) is 3.21. The van der Waals surface area contributed by atoms with Gasteiger partial charge in [0.15, 0.2) is 6.10 Å². The van der Waals surface area contributed by atoms with E-state index in [0.717, 1.165) is 28.1 Å². The molecular weight excluding hydrogens is 300 g/mol.